The molecule has 0 radical (unpaired) electrons. The Morgan fingerprint density at radius 1 is 0.731 bits per heavy atom. The summed E-state index contributed by atoms with van der Waals surface area (Å²) in [5.74, 6) is -0.519. The summed E-state index contributed by atoms with van der Waals surface area (Å²) in [5.41, 5.74) is 4.17. The van der Waals surface area contributed by atoms with Gasteiger partial charge in [0.2, 0.25) is 0 Å². The maximum atomic E-state index is 12.5. The van der Waals surface area contributed by atoms with E-state index in [1.54, 1.807) is 30.3 Å². The van der Waals surface area contributed by atoms with Gasteiger partial charge in [0, 0.05) is 0 Å². The fraction of sp³-hybridized carbons (Fsp3) is 0.0455. The van der Waals surface area contributed by atoms with Crippen LogP contribution in [0.15, 0.2) is 72.8 Å². The summed E-state index contributed by atoms with van der Waals surface area (Å²) in [7, 11) is 0. The zero-order valence-corrected chi connectivity index (χ0v) is 13.8. The molecule has 0 bridgehead atoms. The van der Waals surface area contributed by atoms with E-state index in [0.717, 1.165) is 16.7 Å². The summed E-state index contributed by atoms with van der Waals surface area (Å²) in [4.78, 5) is 26.2. The number of fused-ring (bicyclic) bond motifs is 1. The monoisotopic (exact) mass is 338 g/mol. The number of nitrogens with zero attached hydrogens (tertiary/aromatic N) is 2. The largest absolute Gasteiger partial charge is 0.270 e. The predicted molar refractivity (Wildman–Crippen MR) is 97.2 cm³/mol. The number of benzene rings is 3. The van der Waals surface area contributed by atoms with E-state index in [-0.39, 0.29) is 18.4 Å². The van der Waals surface area contributed by atoms with Crippen molar-refractivity contribution in [3.63, 3.8) is 0 Å². The van der Waals surface area contributed by atoms with Gasteiger partial charge in [0.15, 0.2) is 0 Å². The van der Waals surface area contributed by atoms with Gasteiger partial charge in [-0.3, -0.25) is 14.5 Å². The van der Waals surface area contributed by atoms with Crippen LogP contribution in [0.3, 0.4) is 0 Å². The lowest BCUT2D eigenvalue weighted by Crippen LogP contribution is -2.29. The summed E-state index contributed by atoms with van der Waals surface area (Å²) >= 11 is 0. The minimum Gasteiger partial charge on any atom is -0.270 e. The first-order valence-electron chi connectivity index (χ1n) is 8.22. The SMILES string of the molecule is N#Cc1ccccc1-c1ccc(CN2C(=O)c3ccccc3C2=O)cc1. The van der Waals surface area contributed by atoms with Crippen molar-refractivity contribution in [2.24, 2.45) is 0 Å². The molecule has 0 saturated carbocycles. The molecule has 0 N–H and O–H groups in total. The van der Waals surface area contributed by atoms with Crippen LogP contribution in [0.5, 0.6) is 0 Å². The number of carbonyl (C=O) groups is 2. The first-order chi connectivity index (χ1) is 12.7. The predicted octanol–water partition coefficient (Wildman–Crippen LogP) is 4.02. The molecule has 26 heavy (non-hydrogen) atoms. The summed E-state index contributed by atoms with van der Waals surface area (Å²) in [6.45, 7) is 0.229. The quantitative estimate of drug-likeness (QED) is 0.678. The van der Waals surface area contributed by atoms with Crippen molar-refractivity contribution in [3.05, 3.63) is 95.1 Å². The van der Waals surface area contributed by atoms with Crippen LogP contribution in [0.2, 0.25) is 0 Å². The number of rotatable bonds is 3. The van der Waals surface area contributed by atoms with Crippen LogP contribution in [-0.4, -0.2) is 16.7 Å². The standard InChI is InChI=1S/C22H14N2O2/c23-13-17-5-1-2-6-18(17)16-11-9-15(10-12-16)14-24-21(25)19-7-3-4-8-20(19)22(24)26/h1-12H,14H2. The minimum atomic E-state index is -0.260. The highest BCUT2D eigenvalue weighted by atomic mass is 16.2. The highest BCUT2D eigenvalue weighted by molar-refractivity contribution is 6.21. The Bertz CT molecular complexity index is 1030. The molecule has 0 unspecified atom stereocenters. The van der Waals surface area contributed by atoms with E-state index in [1.165, 1.54) is 4.90 Å². The summed E-state index contributed by atoms with van der Waals surface area (Å²) < 4.78 is 0. The Labute approximate surface area is 150 Å². The van der Waals surface area contributed by atoms with Gasteiger partial charge < -0.3 is 0 Å². The molecule has 1 heterocycles. The van der Waals surface area contributed by atoms with E-state index in [9.17, 15) is 14.9 Å². The second-order valence-electron chi connectivity index (χ2n) is 6.10. The van der Waals surface area contributed by atoms with Crippen molar-refractivity contribution in [3.8, 4) is 17.2 Å². The van der Waals surface area contributed by atoms with Crippen LogP contribution in [-0.2, 0) is 6.54 Å². The Hall–Kier alpha value is -3.71. The maximum Gasteiger partial charge on any atom is 0.261 e. The molecule has 1 aliphatic heterocycles. The van der Waals surface area contributed by atoms with Crippen molar-refractivity contribution in [2.45, 2.75) is 6.54 Å². The third kappa shape index (κ3) is 2.56. The van der Waals surface area contributed by atoms with Gasteiger partial charge in [0.1, 0.15) is 0 Å². The van der Waals surface area contributed by atoms with Crippen LogP contribution in [0.4, 0.5) is 0 Å². The normalized spacial score (nSPS) is 12.8. The molecule has 4 nitrogen and oxygen atoms in total. The smallest absolute Gasteiger partial charge is 0.261 e. The van der Waals surface area contributed by atoms with E-state index < -0.39 is 0 Å². The molecular weight excluding hydrogens is 324 g/mol. The number of carbonyl (C=O) groups excluding carboxylic acids is 2. The van der Waals surface area contributed by atoms with E-state index >= 15 is 0 Å². The van der Waals surface area contributed by atoms with Gasteiger partial charge in [-0.25, -0.2) is 0 Å². The highest BCUT2D eigenvalue weighted by Gasteiger charge is 2.34. The van der Waals surface area contributed by atoms with E-state index in [1.807, 2.05) is 42.5 Å². The van der Waals surface area contributed by atoms with Crippen LogP contribution in [0.25, 0.3) is 11.1 Å². The number of nitriles is 1. The fourth-order valence-electron chi connectivity index (χ4n) is 3.19. The number of imide groups is 1. The van der Waals surface area contributed by atoms with E-state index in [2.05, 4.69) is 6.07 Å². The summed E-state index contributed by atoms with van der Waals surface area (Å²) in [6.07, 6.45) is 0. The van der Waals surface area contributed by atoms with Gasteiger partial charge in [0.25, 0.3) is 11.8 Å². The summed E-state index contributed by atoms with van der Waals surface area (Å²) in [6, 6.07) is 24.0. The van der Waals surface area contributed by atoms with Crippen LogP contribution >= 0.6 is 0 Å². The molecule has 124 valence electrons. The van der Waals surface area contributed by atoms with Crippen LogP contribution < -0.4 is 0 Å². The lowest BCUT2D eigenvalue weighted by Gasteiger charge is -2.14. The highest BCUT2D eigenvalue weighted by Crippen LogP contribution is 2.26. The average Bonchev–Trinajstić information content (AvgIpc) is 2.94. The van der Waals surface area contributed by atoms with Gasteiger partial charge in [-0.15, -0.1) is 0 Å². The Balaban J connectivity index is 1.59. The summed E-state index contributed by atoms with van der Waals surface area (Å²) in [5, 5.41) is 9.24. The number of amides is 2. The molecule has 3 aromatic carbocycles. The molecule has 4 heteroatoms. The molecule has 0 spiro atoms. The van der Waals surface area contributed by atoms with Crippen molar-refractivity contribution in [1.82, 2.24) is 4.90 Å². The van der Waals surface area contributed by atoms with Gasteiger partial charge in [0.05, 0.1) is 29.3 Å². The fourth-order valence-corrected chi connectivity index (χ4v) is 3.19. The van der Waals surface area contributed by atoms with Gasteiger partial charge in [-0.05, 0) is 34.9 Å². The molecular formula is C22H14N2O2. The molecule has 3 aromatic rings. The first kappa shape index (κ1) is 15.8. The van der Waals surface area contributed by atoms with Gasteiger partial charge in [-0.2, -0.15) is 5.26 Å². The number of hydrogen-bond donors (Lipinski definition) is 0. The number of hydrogen-bond acceptors (Lipinski definition) is 3. The Morgan fingerprint density at radius 3 is 1.85 bits per heavy atom. The topological polar surface area (TPSA) is 61.2 Å². The first-order valence-corrected chi connectivity index (χ1v) is 8.22. The third-order valence-electron chi connectivity index (χ3n) is 4.53. The molecule has 0 saturated heterocycles. The third-order valence-corrected chi connectivity index (χ3v) is 4.53. The van der Waals surface area contributed by atoms with E-state index in [0.29, 0.717) is 16.7 Å². The van der Waals surface area contributed by atoms with Crippen molar-refractivity contribution in [2.75, 3.05) is 0 Å². The van der Waals surface area contributed by atoms with E-state index in [4.69, 9.17) is 0 Å². The Morgan fingerprint density at radius 2 is 1.27 bits per heavy atom. The van der Waals surface area contributed by atoms with Gasteiger partial charge >= 0.3 is 0 Å². The van der Waals surface area contributed by atoms with Crippen molar-refractivity contribution < 1.29 is 9.59 Å². The van der Waals surface area contributed by atoms with Crippen LogP contribution in [0, 0.1) is 11.3 Å². The minimum absolute atomic E-state index is 0.229. The lowest BCUT2D eigenvalue weighted by atomic mass is 9.99. The second-order valence-corrected chi connectivity index (χ2v) is 6.10. The average molecular weight is 338 g/mol. The van der Waals surface area contributed by atoms with Gasteiger partial charge in [-0.1, -0.05) is 54.6 Å². The zero-order chi connectivity index (χ0) is 18.1. The molecule has 0 fully saturated rings. The lowest BCUT2D eigenvalue weighted by molar-refractivity contribution is 0.0642. The molecule has 0 atom stereocenters. The molecule has 0 aliphatic carbocycles. The zero-order valence-electron chi connectivity index (χ0n) is 13.8. The molecule has 1 aliphatic rings. The van der Waals surface area contributed by atoms with Crippen molar-refractivity contribution in [1.29, 1.82) is 5.26 Å². The molecule has 0 aromatic heterocycles. The van der Waals surface area contributed by atoms with Crippen molar-refractivity contribution >= 4 is 11.8 Å². The molecule has 4 rings (SSSR count). The second kappa shape index (κ2) is 6.30. The molecule has 2 amide bonds. The van der Waals surface area contributed by atoms with Crippen LogP contribution in [0.1, 0.15) is 31.8 Å². The maximum absolute atomic E-state index is 12.5. The Kier molecular flexibility index (Phi) is 3.83.